The Kier molecular flexibility index (Phi) is 13.1. The van der Waals surface area contributed by atoms with E-state index in [1.807, 2.05) is 53.4 Å². The third-order valence-corrected chi connectivity index (χ3v) is 16.3. The maximum absolute atomic E-state index is 14.9. The number of hydrogen-bond acceptors (Lipinski definition) is 12. The molecule has 6 heterocycles. The number of imide groups is 1. The summed E-state index contributed by atoms with van der Waals surface area (Å²) in [6.45, 7) is 2.31. The number of para-hydroxylation sites is 1. The molecule has 0 bridgehead atoms. The average Bonchev–Trinajstić information content (AvgIpc) is 3.97. The minimum atomic E-state index is -4.85. The van der Waals surface area contributed by atoms with Crippen LogP contribution in [-0.2, 0) is 40.6 Å². The fourth-order valence-corrected chi connectivity index (χ4v) is 12.2. The number of thiazole rings is 1. The van der Waals surface area contributed by atoms with Gasteiger partial charge < -0.3 is 20.1 Å². The molecule has 75 heavy (non-hydrogen) atoms. The van der Waals surface area contributed by atoms with Crippen molar-refractivity contribution in [3.63, 3.8) is 0 Å². The molecule has 16 nitrogen and oxygen atoms in total. The van der Waals surface area contributed by atoms with Gasteiger partial charge in [0.25, 0.3) is 5.91 Å². The number of nitrogens with one attached hydrogen (secondary N) is 3. The summed E-state index contributed by atoms with van der Waals surface area (Å²) in [5.41, 5.74) is 2.80. The van der Waals surface area contributed by atoms with E-state index in [1.165, 1.54) is 35.6 Å². The van der Waals surface area contributed by atoms with Crippen molar-refractivity contribution in [2.75, 3.05) is 41.7 Å². The van der Waals surface area contributed by atoms with Crippen LogP contribution in [0.15, 0.2) is 91.0 Å². The van der Waals surface area contributed by atoms with Gasteiger partial charge in [0.05, 0.1) is 45.6 Å². The van der Waals surface area contributed by atoms with Crippen LogP contribution in [0, 0.1) is 5.41 Å². The lowest BCUT2D eigenvalue weighted by Crippen LogP contribution is -2.45. The molecule has 11 rings (SSSR count). The average molecular weight is 1040 g/mol. The number of amides is 4. The van der Waals surface area contributed by atoms with E-state index in [0.29, 0.717) is 54.3 Å². The highest BCUT2D eigenvalue weighted by Gasteiger charge is 2.40. The van der Waals surface area contributed by atoms with Crippen LogP contribution in [0.4, 0.5) is 29.8 Å². The zero-order valence-corrected chi connectivity index (χ0v) is 41.7. The molecule has 20 heteroatoms. The zero-order chi connectivity index (χ0) is 52.2. The van der Waals surface area contributed by atoms with Crippen LogP contribution in [0.1, 0.15) is 101 Å². The Morgan fingerprint density at radius 2 is 1.65 bits per heavy atom. The van der Waals surface area contributed by atoms with Gasteiger partial charge in [-0.3, -0.25) is 39.4 Å². The van der Waals surface area contributed by atoms with Gasteiger partial charge in [0.15, 0.2) is 10.8 Å². The standard InChI is InChI=1S/C55H52F3N9O7S/c1-65-43-27-32(9-11-38(43)48(64-65)39-14-16-46(68)62-51(39)71)59-47(69)30-66-25-22-54(23-26-66)20-17-33(18-21-54)74-34-10-12-35(41(28-34)55(56,57)58)36-13-15-45(61-49(36)52(72)73)67-24-19-31-5-4-6-37(40(31)29-67)50(70)63-53-60-42-7-2-3-8-44(42)75-53/h2-13,15,27-28,33,39H,14,16-26,29-30H2,1H3,(H,59,69)(H,72,73)(H,60,63,70)(H,62,68,71). The van der Waals surface area contributed by atoms with Crippen molar-refractivity contribution in [2.45, 2.75) is 82.5 Å². The summed E-state index contributed by atoms with van der Waals surface area (Å²) in [6, 6.07) is 25.0. The summed E-state index contributed by atoms with van der Waals surface area (Å²) in [6.07, 6.45) is 0.697. The lowest BCUT2D eigenvalue weighted by atomic mass is 9.67. The Bertz CT molecular complexity index is 3400. The Labute approximate surface area is 432 Å². The van der Waals surface area contributed by atoms with Crippen molar-refractivity contribution < 1.29 is 47.0 Å². The molecule has 4 aliphatic rings. The van der Waals surface area contributed by atoms with Crippen molar-refractivity contribution in [3.05, 3.63) is 125 Å². The first-order chi connectivity index (χ1) is 36.1. The van der Waals surface area contributed by atoms with Crippen molar-refractivity contribution in [1.82, 2.24) is 30.0 Å². The Hall–Kier alpha value is -7.71. The van der Waals surface area contributed by atoms with Gasteiger partial charge in [-0.15, -0.1) is 0 Å². The van der Waals surface area contributed by atoms with E-state index >= 15 is 0 Å². The highest BCUT2D eigenvalue weighted by Crippen LogP contribution is 2.47. The Balaban J connectivity index is 0.705. The van der Waals surface area contributed by atoms with Crippen molar-refractivity contribution in [3.8, 4) is 16.9 Å². The second-order valence-electron chi connectivity index (χ2n) is 20.0. The largest absolute Gasteiger partial charge is 0.490 e. The number of pyridine rings is 1. The molecule has 386 valence electrons. The predicted octanol–water partition coefficient (Wildman–Crippen LogP) is 9.34. The number of fused-ring (bicyclic) bond motifs is 3. The monoisotopic (exact) mass is 1040 g/mol. The zero-order valence-electron chi connectivity index (χ0n) is 40.8. The lowest BCUT2D eigenvalue weighted by Gasteiger charge is -2.45. The molecule has 1 spiro atoms. The minimum absolute atomic E-state index is 0.0390. The third-order valence-electron chi connectivity index (χ3n) is 15.3. The first kappa shape index (κ1) is 49.5. The van der Waals surface area contributed by atoms with E-state index in [-0.39, 0.29) is 77.4 Å². The van der Waals surface area contributed by atoms with Gasteiger partial charge in [-0.2, -0.15) is 18.3 Å². The van der Waals surface area contributed by atoms with Crippen LogP contribution in [-0.4, -0.2) is 91.6 Å². The molecule has 3 aliphatic heterocycles. The number of carboxylic acids is 1. The number of aromatic carboxylic acids is 1. The molecule has 3 aromatic heterocycles. The SMILES string of the molecule is Cn1nc(C2CCC(=O)NC2=O)c2ccc(NC(=O)CN3CCC4(CCC(Oc5ccc(-c6ccc(N7CCc8cccc(C(=O)Nc9nc%10ccccc%10s9)c8C7)nc6C(=O)O)c(C(F)(F)F)c5)CC4)CC3)cc21. The molecule has 4 N–H and O–H groups in total. The number of carbonyl (C=O) groups excluding carboxylic acids is 4. The number of benzene rings is 4. The highest BCUT2D eigenvalue weighted by atomic mass is 32.1. The summed E-state index contributed by atoms with van der Waals surface area (Å²) in [7, 11) is 1.77. The van der Waals surface area contributed by atoms with Crippen molar-refractivity contribution in [1.29, 1.82) is 0 Å². The molecular formula is C55H52F3N9O7S. The van der Waals surface area contributed by atoms with Crippen molar-refractivity contribution >= 4 is 78.7 Å². The van der Waals surface area contributed by atoms with Gasteiger partial charge in [0.1, 0.15) is 11.6 Å². The van der Waals surface area contributed by atoms with Gasteiger partial charge in [0.2, 0.25) is 17.7 Å². The third kappa shape index (κ3) is 10.2. The van der Waals surface area contributed by atoms with Crippen LogP contribution >= 0.6 is 11.3 Å². The van der Waals surface area contributed by atoms with Gasteiger partial charge >= 0.3 is 12.1 Å². The van der Waals surface area contributed by atoms with E-state index in [2.05, 4.69) is 35.9 Å². The number of carbonyl (C=O) groups is 5. The summed E-state index contributed by atoms with van der Waals surface area (Å²) < 4.78 is 53.6. The first-order valence-corrected chi connectivity index (χ1v) is 25.9. The normalized spacial score (nSPS) is 18.2. The summed E-state index contributed by atoms with van der Waals surface area (Å²) in [5.74, 6) is -2.87. The number of anilines is 3. The predicted molar refractivity (Wildman–Crippen MR) is 276 cm³/mol. The number of halogens is 3. The second kappa shape index (κ2) is 19.9. The van der Waals surface area contributed by atoms with E-state index in [9.17, 15) is 42.3 Å². The molecule has 2 saturated heterocycles. The van der Waals surface area contributed by atoms with Crippen molar-refractivity contribution in [2.24, 2.45) is 12.5 Å². The van der Waals surface area contributed by atoms with Gasteiger partial charge in [-0.1, -0.05) is 41.7 Å². The molecule has 7 aromatic rings. The fraction of sp³-hybridized carbons (Fsp3) is 0.345. The minimum Gasteiger partial charge on any atom is -0.490 e. The number of carboxylic acid groups (broad SMARTS) is 1. The van der Waals surface area contributed by atoms with Gasteiger partial charge in [-0.25, -0.2) is 14.8 Å². The number of likely N-dealkylation sites (tertiary alicyclic amines) is 1. The fourth-order valence-electron chi connectivity index (χ4n) is 11.3. The van der Waals surface area contributed by atoms with Crippen LogP contribution in [0.25, 0.3) is 32.2 Å². The summed E-state index contributed by atoms with van der Waals surface area (Å²) >= 11 is 1.36. The molecule has 0 radical (unpaired) electrons. The summed E-state index contributed by atoms with van der Waals surface area (Å²) in [4.78, 5) is 76.8. The molecule has 1 saturated carbocycles. The smallest absolute Gasteiger partial charge is 0.417 e. The van der Waals surface area contributed by atoms with E-state index in [0.717, 1.165) is 77.1 Å². The summed E-state index contributed by atoms with van der Waals surface area (Å²) in [5, 5.41) is 24.5. The van der Waals surface area contributed by atoms with E-state index in [4.69, 9.17) is 4.74 Å². The Morgan fingerprint density at radius 1 is 0.867 bits per heavy atom. The number of alkyl halides is 3. The van der Waals surface area contributed by atoms with Gasteiger partial charge in [0, 0.05) is 48.8 Å². The molecule has 4 aromatic carbocycles. The number of aromatic nitrogens is 4. The van der Waals surface area contributed by atoms with Gasteiger partial charge in [-0.05, 0) is 147 Å². The molecule has 1 unspecified atom stereocenters. The maximum atomic E-state index is 14.9. The molecule has 1 atom stereocenters. The highest BCUT2D eigenvalue weighted by molar-refractivity contribution is 7.22. The molecule has 1 aliphatic carbocycles. The van der Waals surface area contributed by atoms with Crippen LogP contribution in [0.3, 0.4) is 0 Å². The maximum Gasteiger partial charge on any atom is 0.417 e. The van der Waals surface area contributed by atoms with E-state index in [1.54, 1.807) is 23.9 Å². The molecule has 4 amide bonds. The van der Waals surface area contributed by atoms with Crippen LogP contribution < -0.4 is 25.6 Å². The number of piperidine rings is 2. The second-order valence-corrected chi connectivity index (χ2v) is 21.0. The lowest BCUT2D eigenvalue weighted by molar-refractivity contribution is -0.137. The number of nitrogens with zero attached hydrogens (tertiary/aromatic N) is 6. The Morgan fingerprint density at radius 3 is 2.41 bits per heavy atom. The van der Waals surface area contributed by atoms with Crippen LogP contribution in [0.2, 0.25) is 0 Å². The number of hydrogen-bond donors (Lipinski definition) is 4. The van der Waals surface area contributed by atoms with Crippen LogP contribution in [0.5, 0.6) is 5.75 Å². The number of aryl methyl sites for hydroxylation is 1. The molecule has 3 fully saturated rings. The van der Waals surface area contributed by atoms with E-state index < -0.39 is 29.3 Å². The topological polar surface area (TPSA) is 201 Å². The number of rotatable bonds is 11. The molecular weight excluding hydrogens is 988 g/mol. The quantitative estimate of drug-likeness (QED) is 0.0897. The number of ether oxygens (including phenoxy) is 1. The first-order valence-electron chi connectivity index (χ1n) is 25.0.